The number of hydrogen-bond acceptors (Lipinski definition) is 3. The fourth-order valence-corrected chi connectivity index (χ4v) is 4.73. The number of amides is 1. The lowest BCUT2D eigenvalue weighted by Crippen LogP contribution is -2.34. The predicted molar refractivity (Wildman–Crippen MR) is 120 cm³/mol. The Morgan fingerprint density at radius 3 is 2.24 bits per heavy atom. The molecule has 0 fully saturated rings. The number of rotatable bonds is 7. The van der Waals surface area contributed by atoms with Gasteiger partial charge >= 0.3 is 0 Å². The van der Waals surface area contributed by atoms with Crippen LogP contribution in [0.4, 0.5) is 0 Å². The minimum absolute atomic E-state index is 0.194. The fourth-order valence-electron chi connectivity index (χ4n) is 2.98. The van der Waals surface area contributed by atoms with Gasteiger partial charge in [-0.05, 0) is 41.0 Å². The number of nitrogens with one attached hydrogen (secondary N) is 1. The van der Waals surface area contributed by atoms with Crippen molar-refractivity contribution in [1.29, 1.82) is 0 Å². The second-order valence-corrected chi connectivity index (χ2v) is 10.0. The molecule has 150 valence electrons. The van der Waals surface area contributed by atoms with E-state index in [9.17, 15) is 13.2 Å². The third kappa shape index (κ3) is 6.42. The van der Waals surface area contributed by atoms with Gasteiger partial charge in [0.2, 0.25) is 5.91 Å². The van der Waals surface area contributed by atoms with Crippen LogP contribution in [0.5, 0.6) is 0 Å². The second kappa shape index (κ2) is 9.57. The van der Waals surface area contributed by atoms with Crippen molar-refractivity contribution in [1.82, 2.24) is 5.32 Å². The molecular weight excluding hydrogens is 474 g/mol. The SMILES string of the molecule is O=C(CS(=O)(=O)Cc1ccc(Br)cc1)NC(c1ccccc1)c1cccc(Cl)c1. The van der Waals surface area contributed by atoms with Crippen molar-refractivity contribution in [3.8, 4) is 0 Å². The average Bonchev–Trinajstić information content (AvgIpc) is 2.68. The Balaban J connectivity index is 1.77. The van der Waals surface area contributed by atoms with Gasteiger partial charge in [-0.1, -0.05) is 82.1 Å². The number of carbonyl (C=O) groups is 1. The Kier molecular flexibility index (Phi) is 7.11. The molecule has 0 aliphatic heterocycles. The van der Waals surface area contributed by atoms with E-state index < -0.39 is 27.5 Å². The Bertz CT molecular complexity index is 1090. The van der Waals surface area contributed by atoms with Crippen molar-refractivity contribution in [2.24, 2.45) is 0 Å². The van der Waals surface area contributed by atoms with Crippen LogP contribution in [0.25, 0.3) is 0 Å². The van der Waals surface area contributed by atoms with Gasteiger partial charge < -0.3 is 5.32 Å². The van der Waals surface area contributed by atoms with E-state index in [1.54, 1.807) is 42.5 Å². The Hall–Kier alpha value is -2.15. The van der Waals surface area contributed by atoms with E-state index in [2.05, 4.69) is 21.2 Å². The lowest BCUT2D eigenvalue weighted by Gasteiger charge is -2.20. The van der Waals surface area contributed by atoms with Crippen molar-refractivity contribution in [2.75, 3.05) is 5.75 Å². The molecule has 0 heterocycles. The maximum atomic E-state index is 12.6. The van der Waals surface area contributed by atoms with E-state index >= 15 is 0 Å². The molecule has 0 aliphatic carbocycles. The summed E-state index contributed by atoms with van der Waals surface area (Å²) >= 11 is 9.43. The molecule has 4 nitrogen and oxygen atoms in total. The van der Waals surface area contributed by atoms with Gasteiger partial charge in [-0.25, -0.2) is 8.42 Å². The third-order valence-corrected chi connectivity index (χ3v) is 6.51. The molecule has 0 spiro atoms. The molecule has 0 saturated carbocycles. The number of carbonyl (C=O) groups excluding carboxylic acids is 1. The van der Waals surface area contributed by atoms with Crippen LogP contribution < -0.4 is 5.32 Å². The van der Waals surface area contributed by atoms with Gasteiger partial charge in [-0.3, -0.25) is 4.79 Å². The van der Waals surface area contributed by atoms with E-state index in [4.69, 9.17) is 11.6 Å². The summed E-state index contributed by atoms with van der Waals surface area (Å²) in [5.74, 6) is -1.34. The molecule has 0 radical (unpaired) electrons. The molecule has 0 aromatic heterocycles. The van der Waals surface area contributed by atoms with Crippen LogP contribution in [0.15, 0.2) is 83.3 Å². The zero-order valence-electron chi connectivity index (χ0n) is 15.4. The summed E-state index contributed by atoms with van der Waals surface area (Å²) in [6.07, 6.45) is 0. The van der Waals surface area contributed by atoms with Gasteiger partial charge in [0.25, 0.3) is 0 Å². The number of sulfone groups is 1. The molecule has 1 N–H and O–H groups in total. The van der Waals surface area contributed by atoms with E-state index in [1.807, 2.05) is 36.4 Å². The van der Waals surface area contributed by atoms with Gasteiger partial charge in [0.15, 0.2) is 9.84 Å². The smallest absolute Gasteiger partial charge is 0.235 e. The van der Waals surface area contributed by atoms with Crippen molar-refractivity contribution < 1.29 is 13.2 Å². The highest BCUT2D eigenvalue weighted by molar-refractivity contribution is 9.10. The molecule has 3 aromatic rings. The Morgan fingerprint density at radius 1 is 0.931 bits per heavy atom. The highest BCUT2D eigenvalue weighted by atomic mass is 79.9. The van der Waals surface area contributed by atoms with Gasteiger partial charge in [-0.15, -0.1) is 0 Å². The van der Waals surface area contributed by atoms with E-state index in [0.717, 1.165) is 15.6 Å². The molecule has 1 amide bonds. The van der Waals surface area contributed by atoms with E-state index in [-0.39, 0.29) is 5.75 Å². The van der Waals surface area contributed by atoms with Crippen LogP contribution in [0.2, 0.25) is 5.02 Å². The Morgan fingerprint density at radius 2 is 1.59 bits per heavy atom. The maximum absolute atomic E-state index is 12.6. The van der Waals surface area contributed by atoms with Crippen molar-refractivity contribution in [3.05, 3.63) is 105 Å². The molecule has 1 unspecified atom stereocenters. The van der Waals surface area contributed by atoms with Crippen LogP contribution >= 0.6 is 27.5 Å². The highest BCUT2D eigenvalue weighted by Crippen LogP contribution is 2.24. The minimum Gasteiger partial charge on any atom is -0.344 e. The van der Waals surface area contributed by atoms with Crippen molar-refractivity contribution in [2.45, 2.75) is 11.8 Å². The molecule has 29 heavy (non-hydrogen) atoms. The van der Waals surface area contributed by atoms with Crippen LogP contribution in [0, 0.1) is 0 Å². The summed E-state index contributed by atoms with van der Waals surface area (Å²) < 4.78 is 25.9. The zero-order chi connectivity index (χ0) is 20.9. The summed E-state index contributed by atoms with van der Waals surface area (Å²) in [7, 11) is -3.62. The van der Waals surface area contributed by atoms with Crippen molar-refractivity contribution >= 4 is 43.3 Å². The average molecular weight is 493 g/mol. The lowest BCUT2D eigenvalue weighted by atomic mass is 9.99. The summed E-state index contributed by atoms with van der Waals surface area (Å²) in [4.78, 5) is 12.6. The van der Waals surface area contributed by atoms with E-state index in [0.29, 0.717) is 10.6 Å². The van der Waals surface area contributed by atoms with Crippen LogP contribution in [0.1, 0.15) is 22.7 Å². The highest BCUT2D eigenvalue weighted by Gasteiger charge is 2.22. The summed E-state index contributed by atoms with van der Waals surface area (Å²) in [6, 6.07) is 23.0. The first kappa shape index (κ1) is 21.6. The molecular formula is C22H19BrClNO3S. The second-order valence-electron chi connectivity index (χ2n) is 6.62. The van der Waals surface area contributed by atoms with E-state index in [1.165, 1.54) is 0 Å². The molecule has 3 aromatic carbocycles. The van der Waals surface area contributed by atoms with Crippen molar-refractivity contribution in [3.63, 3.8) is 0 Å². The summed E-state index contributed by atoms with van der Waals surface area (Å²) in [5.41, 5.74) is 2.26. The molecule has 0 aliphatic rings. The van der Waals surface area contributed by atoms with Crippen LogP contribution in [-0.2, 0) is 20.4 Å². The van der Waals surface area contributed by atoms with Gasteiger partial charge in [-0.2, -0.15) is 0 Å². The lowest BCUT2D eigenvalue weighted by molar-refractivity contribution is -0.119. The molecule has 3 rings (SSSR count). The summed E-state index contributed by atoms with van der Waals surface area (Å²) in [6.45, 7) is 0. The molecule has 7 heteroatoms. The van der Waals surface area contributed by atoms with Gasteiger partial charge in [0, 0.05) is 9.50 Å². The topological polar surface area (TPSA) is 63.2 Å². The number of halogens is 2. The predicted octanol–water partition coefficient (Wildman–Crippen LogP) is 4.92. The monoisotopic (exact) mass is 491 g/mol. The molecule has 0 bridgehead atoms. The third-order valence-electron chi connectivity index (χ3n) is 4.27. The minimum atomic E-state index is -3.62. The fraction of sp³-hybridized carbons (Fsp3) is 0.136. The largest absolute Gasteiger partial charge is 0.344 e. The number of hydrogen-bond donors (Lipinski definition) is 1. The first-order valence-electron chi connectivity index (χ1n) is 8.87. The quantitative estimate of drug-likeness (QED) is 0.509. The van der Waals surface area contributed by atoms with Crippen LogP contribution in [0.3, 0.4) is 0 Å². The zero-order valence-corrected chi connectivity index (χ0v) is 18.5. The summed E-state index contributed by atoms with van der Waals surface area (Å²) in [5, 5.41) is 3.39. The molecule has 1 atom stereocenters. The first-order valence-corrected chi connectivity index (χ1v) is 11.9. The number of benzene rings is 3. The van der Waals surface area contributed by atoms with Gasteiger partial charge in [0.1, 0.15) is 5.75 Å². The van der Waals surface area contributed by atoms with Gasteiger partial charge in [0.05, 0.1) is 11.8 Å². The standard InChI is InChI=1S/C22H19BrClNO3S/c23-19-11-9-16(10-12-19)14-29(27,28)15-21(26)25-22(17-5-2-1-3-6-17)18-7-4-8-20(24)13-18/h1-13,22H,14-15H2,(H,25,26). The Labute approximate surface area is 184 Å². The maximum Gasteiger partial charge on any atom is 0.235 e. The normalized spacial score (nSPS) is 12.3. The molecule has 0 saturated heterocycles. The van der Waals surface area contributed by atoms with Crippen LogP contribution in [-0.4, -0.2) is 20.1 Å². The first-order chi connectivity index (χ1) is 13.8.